The molecule has 0 fully saturated rings. The lowest BCUT2D eigenvalue weighted by Crippen LogP contribution is -2.41. The quantitative estimate of drug-likeness (QED) is 0.469. The highest BCUT2D eigenvalue weighted by molar-refractivity contribution is 6.10. The fraction of sp³-hybridized carbons (Fsp3) is 0.160. The van der Waals surface area contributed by atoms with E-state index in [1.807, 2.05) is 78.9 Å². The Morgan fingerprint density at radius 2 is 1.70 bits per heavy atom. The molecule has 0 saturated heterocycles. The number of hydrogen-bond acceptors (Lipinski definition) is 4. The van der Waals surface area contributed by atoms with Crippen LogP contribution in [0.15, 0.2) is 85.1 Å². The number of benzene rings is 3. The summed E-state index contributed by atoms with van der Waals surface area (Å²) in [7, 11) is 0. The zero-order valence-corrected chi connectivity index (χ0v) is 16.4. The molecule has 30 heavy (non-hydrogen) atoms. The van der Waals surface area contributed by atoms with Gasteiger partial charge in [0.15, 0.2) is 17.3 Å². The summed E-state index contributed by atoms with van der Waals surface area (Å²) in [6, 6.07) is 24.8. The summed E-state index contributed by atoms with van der Waals surface area (Å²) in [5.74, 6) is 1.51. The van der Waals surface area contributed by atoms with Crippen molar-refractivity contribution in [1.29, 1.82) is 0 Å². The highest BCUT2D eigenvalue weighted by atomic mass is 16.6. The van der Waals surface area contributed by atoms with Crippen LogP contribution < -0.4 is 14.8 Å². The largest absolute Gasteiger partial charge is 0.486 e. The molecular formula is C25H22N2O3. The van der Waals surface area contributed by atoms with E-state index in [0.717, 1.165) is 28.0 Å². The van der Waals surface area contributed by atoms with Crippen LogP contribution in [0.2, 0.25) is 0 Å². The first-order chi connectivity index (χ1) is 14.8. The highest BCUT2D eigenvalue weighted by Gasteiger charge is 2.27. The van der Waals surface area contributed by atoms with E-state index < -0.39 is 6.04 Å². The molecule has 0 spiro atoms. The maximum atomic E-state index is 13.5. The predicted molar refractivity (Wildman–Crippen MR) is 116 cm³/mol. The van der Waals surface area contributed by atoms with Crippen molar-refractivity contribution in [3.63, 3.8) is 0 Å². The third kappa shape index (κ3) is 3.55. The van der Waals surface area contributed by atoms with Crippen LogP contribution >= 0.6 is 0 Å². The van der Waals surface area contributed by atoms with Crippen molar-refractivity contribution in [2.45, 2.75) is 12.1 Å². The number of carbonyl (C=O) groups is 1. The summed E-state index contributed by atoms with van der Waals surface area (Å²) >= 11 is 0. The molecule has 0 bridgehead atoms. The molecular weight excluding hydrogens is 376 g/mol. The molecule has 4 aromatic rings. The summed E-state index contributed by atoms with van der Waals surface area (Å²) in [4.78, 5) is 16.7. The number of fused-ring (bicyclic) bond motifs is 2. The zero-order chi connectivity index (χ0) is 20.3. The molecule has 1 aliphatic heterocycles. The van der Waals surface area contributed by atoms with E-state index in [-0.39, 0.29) is 11.9 Å². The standard InChI is InChI=1S/C25H22N2O3/c28-25(20-15-26-21-11-5-4-10-19(20)21)24(17-8-2-1-3-9-17)27-14-18-16-29-22-12-6-7-13-23(22)30-18/h1-13,15,18,24,26-27H,14,16H2/t18-,24+/m1/s1. The van der Waals surface area contributed by atoms with E-state index in [4.69, 9.17) is 9.47 Å². The topological polar surface area (TPSA) is 63.4 Å². The Kier molecular flexibility index (Phi) is 4.95. The average Bonchev–Trinajstić information content (AvgIpc) is 3.24. The van der Waals surface area contributed by atoms with Gasteiger partial charge in [-0.3, -0.25) is 10.1 Å². The first kappa shape index (κ1) is 18.5. The van der Waals surface area contributed by atoms with Gasteiger partial charge >= 0.3 is 0 Å². The SMILES string of the molecule is O=C(c1c[nH]c2ccccc12)[C@@H](NC[C@@H]1COc2ccccc2O1)c1ccccc1. The first-order valence-corrected chi connectivity index (χ1v) is 10.1. The van der Waals surface area contributed by atoms with Crippen molar-refractivity contribution >= 4 is 16.7 Å². The lowest BCUT2D eigenvalue weighted by Gasteiger charge is -2.28. The van der Waals surface area contributed by atoms with Gasteiger partial charge in [0.05, 0.1) is 6.04 Å². The number of ketones is 1. The maximum absolute atomic E-state index is 13.5. The fourth-order valence-electron chi connectivity index (χ4n) is 3.85. The molecule has 5 rings (SSSR count). The number of H-pyrrole nitrogens is 1. The Morgan fingerprint density at radius 1 is 0.967 bits per heavy atom. The number of para-hydroxylation sites is 3. The molecule has 0 radical (unpaired) electrons. The minimum absolute atomic E-state index is 0.0239. The summed E-state index contributed by atoms with van der Waals surface area (Å²) in [5, 5.41) is 4.35. The zero-order valence-electron chi connectivity index (χ0n) is 16.4. The van der Waals surface area contributed by atoms with Gasteiger partial charge < -0.3 is 14.5 Å². The normalized spacial score (nSPS) is 16.3. The number of aromatic nitrogens is 1. The van der Waals surface area contributed by atoms with E-state index in [1.165, 1.54) is 0 Å². The van der Waals surface area contributed by atoms with Crippen LogP contribution in [0, 0.1) is 0 Å². The van der Waals surface area contributed by atoms with Gasteiger partial charge in [-0.2, -0.15) is 0 Å². The number of hydrogen-bond donors (Lipinski definition) is 2. The molecule has 2 atom stereocenters. The number of rotatable bonds is 6. The lowest BCUT2D eigenvalue weighted by molar-refractivity contribution is 0.0818. The molecule has 5 nitrogen and oxygen atoms in total. The summed E-state index contributed by atoms with van der Waals surface area (Å²) in [6.07, 6.45) is 1.61. The van der Waals surface area contributed by atoms with Crippen LogP contribution in [0.1, 0.15) is 22.0 Å². The van der Waals surface area contributed by atoms with Gasteiger partial charge in [-0.1, -0.05) is 60.7 Å². The highest BCUT2D eigenvalue weighted by Crippen LogP contribution is 2.31. The van der Waals surface area contributed by atoms with Crippen molar-refractivity contribution in [3.05, 3.63) is 96.2 Å². The molecule has 0 saturated carbocycles. The lowest BCUT2D eigenvalue weighted by atomic mass is 9.97. The molecule has 150 valence electrons. The maximum Gasteiger partial charge on any atom is 0.186 e. The van der Waals surface area contributed by atoms with Gasteiger partial charge in [0.25, 0.3) is 0 Å². The molecule has 0 amide bonds. The van der Waals surface area contributed by atoms with Crippen LogP contribution in [0.3, 0.4) is 0 Å². The molecule has 2 N–H and O–H groups in total. The van der Waals surface area contributed by atoms with Crippen LogP contribution in [0.4, 0.5) is 0 Å². The van der Waals surface area contributed by atoms with E-state index >= 15 is 0 Å². The third-order valence-electron chi connectivity index (χ3n) is 5.37. The van der Waals surface area contributed by atoms with Crippen molar-refractivity contribution in [1.82, 2.24) is 10.3 Å². The molecule has 0 aliphatic carbocycles. The predicted octanol–water partition coefficient (Wildman–Crippen LogP) is 4.52. The molecule has 2 heterocycles. The Labute approximate surface area is 174 Å². The Bertz CT molecular complexity index is 1170. The van der Waals surface area contributed by atoms with Gasteiger partial charge in [0, 0.05) is 29.2 Å². The molecule has 3 aromatic carbocycles. The number of Topliss-reactive ketones (excluding diaryl/α,β-unsaturated/α-hetero) is 1. The molecule has 5 heteroatoms. The second kappa shape index (κ2) is 8.05. The van der Waals surface area contributed by atoms with Crippen LogP contribution in [0.25, 0.3) is 10.9 Å². The van der Waals surface area contributed by atoms with Crippen molar-refractivity contribution in [2.24, 2.45) is 0 Å². The number of carbonyl (C=O) groups excluding carboxylic acids is 1. The second-order valence-electron chi connectivity index (χ2n) is 7.36. The number of ether oxygens (including phenoxy) is 2. The number of nitrogens with one attached hydrogen (secondary N) is 2. The second-order valence-corrected chi connectivity index (χ2v) is 7.36. The third-order valence-corrected chi connectivity index (χ3v) is 5.37. The Morgan fingerprint density at radius 3 is 2.57 bits per heavy atom. The molecule has 1 aromatic heterocycles. The van der Waals surface area contributed by atoms with E-state index in [2.05, 4.69) is 10.3 Å². The van der Waals surface area contributed by atoms with Gasteiger partial charge in [-0.05, 0) is 23.8 Å². The smallest absolute Gasteiger partial charge is 0.186 e. The first-order valence-electron chi connectivity index (χ1n) is 10.1. The Balaban J connectivity index is 1.39. The van der Waals surface area contributed by atoms with Gasteiger partial charge in [0.2, 0.25) is 0 Å². The summed E-state index contributed by atoms with van der Waals surface area (Å²) in [5.41, 5.74) is 2.55. The van der Waals surface area contributed by atoms with Crippen molar-refractivity contribution < 1.29 is 14.3 Å². The van der Waals surface area contributed by atoms with Gasteiger partial charge in [-0.15, -0.1) is 0 Å². The van der Waals surface area contributed by atoms with Crippen molar-refractivity contribution in [2.75, 3.05) is 13.2 Å². The summed E-state index contributed by atoms with van der Waals surface area (Å²) < 4.78 is 11.9. The summed E-state index contributed by atoms with van der Waals surface area (Å²) in [6.45, 7) is 0.925. The fourth-order valence-corrected chi connectivity index (χ4v) is 3.85. The van der Waals surface area contributed by atoms with Crippen LogP contribution in [-0.4, -0.2) is 30.0 Å². The van der Waals surface area contributed by atoms with Gasteiger partial charge in [0.1, 0.15) is 12.7 Å². The van der Waals surface area contributed by atoms with E-state index in [9.17, 15) is 4.79 Å². The Hall–Kier alpha value is -3.57. The van der Waals surface area contributed by atoms with E-state index in [0.29, 0.717) is 18.7 Å². The molecule has 0 unspecified atom stereocenters. The number of aromatic amines is 1. The van der Waals surface area contributed by atoms with Gasteiger partial charge in [-0.25, -0.2) is 0 Å². The minimum Gasteiger partial charge on any atom is -0.486 e. The van der Waals surface area contributed by atoms with Crippen LogP contribution in [-0.2, 0) is 0 Å². The minimum atomic E-state index is -0.480. The van der Waals surface area contributed by atoms with Crippen LogP contribution in [0.5, 0.6) is 11.5 Å². The van der Waals surface area contributed by atoms with E-state index in [1.54, 1.807) is 6.20 Å². The average molecular weight is 398 g/mol. The monoisotopic (exact) mass is 398 g/mol. The molecule has 1 aliphatic rings. The van der Waals surface area contributed by atoms with Crippen molar-refractivity contribution in [3.8, 4) is 11.5 Å².